The molecule has 2 aliphatic heterocycles. The Labute approximate surface area is 160 Å². The lowest BCUT2D eigenvalue weighted by molar-refractivity contribution is -0.118. The molecule has 0 aromatic heterocycles. The molecule has 1 aromatic carbocycles. The van der Waals surface area contributed by atoms with Gasteiger partial charge in [0.15, 0.2) is 17.3 Å². The molecular formula is C22H27NO4. The van der Waals surface area contributed by atoms with Gasteiger partial charge >= 0.3 is 0 Å². The molecule has 0 aliphatic carbocycles. The fraction of sp³-hybridized carbons (Fsp3) is 0.409. The van der Waals surface area contributed by atoms with Crippen molar-refractivity contribution >= 4 is 11.4 Å². The number of allylic oxidation sites excluding steroid dienone is 3. The van der Waals surface area contributed by atoms with Gasteiger partial charge in [0.25, 0.3) is 0 Å². The molecule has 0 radical (unpaired) electrons. The zero-order valence-corrected chi connectivity index (χ0v) is 16.7. The van der Waals surface area contributed by atoms with Gasteiger partial charge in [-0.15, -0.1) is 0 Å². The van der Waals surface area contributed by atoms with Crippen molar-refractivity contribution in [2.24, 2.45) is 0 Å². The molecule has 3 rings (SSSR count). The number of Topliss-reactive ketones (excluding diaryl/α,β-unsaturated/α-hetero) is 1. The summed E-state index contributed by atoms with van der Waals surface area (Å²) in [6, 6.07) is 3.71. The Balaban J connectivity index is 2.21. The molecule has 5 heteroatoms. The Kier molecular flexibility index (Phi) is 5.31. The summed E-state index contributed by atoms with van der Waals surface area (Å²) in [5, 5.41) is 0. The summed E-state index contributed by atoms with van der Waals surface area (Å²) in [7, 11) is 4.74. The monoisotopic (exact) mass is 369 g/mol. The minimum atomic E-state index is -0.687. The second kappa shape index (κ2) is 7.51. The van der Waals surface area contributed by atoms with Gasteiger partial charge in [-0.2, -0.15) is 0 Å². The number of methoxy groups -OCH3 is 3. The molecule has 1 aromatic rings. The number of nitrogens with zero attached hydrogens (tertiary/aromatic N) is 1. The number of unbranched alkanes of at least 4 members (excludes halogenated alkanes) is 1. The molecule has 5 nitrogen and oxygen atoms in total. The molecule has 0 spiro atoms. The minimum absolute atomic E-state index is 0.0866. The molecule has 2 aliphatic rings. The highest BCUT2D eigenvalue weighted by Crippen LogP contribution is 2.47. The van der Waals surface area contributed by atoms with Crippen LogP contribution in [0.25, 0.3) is 5.57 Å². The third-order valence-corrected chi connectivity index (χ3v) is 5.25. The topological polar surface area (TPSA) is 48.0 Å². The highest BCUT2D eigenvalue weighted by atomic mass is 16.5. The molecule has 1 unspecified atom stereocenters. The van der Waals surface area contributed by atoms with Gasteiger partial charge in [-0.05, 0) is 43.5 Å². The molecule has 2 heterocycles. The van der Waals surface area contributed by atoms with E-state index in [1.165, 1.54) is 0 Å². The van der Waals surface area contributed by atoms with E-state index in [-0.39, 0.29) is 5.78 Å². The van der Waals surface area contributed by atoms with E-state index in [2.05, 4.69) is 11.8 Å². The van der Waals surface area contributed by atoms with Crippen LogP contribution in [0.2, 0.25) is 0 Å². The molecule has 1 atom stereocenters. The number of hydrogen-bond acceptors (Lipinski definition) is 5. The summed E-state index contributed by atoms with van der Waals surface area (Å²) in [5.41, 5.74) is 1.87. The second-order valence-electron chi connectivity index (χ2n) is 6.89. The van der Waals surface area contributed by atoms with Crippen LogP contribution >= 0.6 is 0 Å². The lowest BCUT2D eigenvalue weighted by atomic mass is 9.89. The predicted octanol–water partition coefficient (Wildman–Crippen LogP) is 4.34. The predicted molar refractivity (Wildman–Crippen MR) is 106 cm³/mol. The number of hydrogen-bond donors (Lipinski definition) is 0. The molecular weight excluding hydrogens is 342 g/mol. The summed E-state index contributed by atoms with van der Waals surface area (Å²) in [6.07, 6.45) is 10.8. The van der Waals surface area contributed by atoms with Crippen LogP contribution < -0.4 is 14.2 Å². The molecule has 0 saturated heterocycles. The van der Waals surface area contributed by atoms with E-state index in [1.807, 2.05) is 43.5 Å². The molecule has 0 fully saturated rings. The molecule has 144 valence electrons. The van der Waals surface area contributed by atoms with Crippen LogP contribution in [0.3, 0.4) is 0 Å². The number of carbonyl (C=O) groups excluding carboxylic acids is 1. The van der Waals surface area contributed by atoms with E-state index in [4.69, 9.17) is 14.2 Å². The van der Waals surface area contributed by atoms with Gasteiger partial charge < -0.3 is 19.1 Å². The first kappa shape index (κ1) is 19.1. The van der Waals surface area contributed by atoms with E-state index in [1.54, 1.807) is 21.3 Å². The standard InChI is InChI=1S/C22H27NO4/c1-6-7-10-16-19(21(24)22(2)11-8-9-12-23(16)22)15-13-17(25-3)20(27-5)18(14-15)26-4/h8-9,11-14H,6-7,10H2,1-5H3. The van der Waals surface area contributed by atoms with Crippen molar-refractivity contribution in [1.82, 2.24) is 4.90 Å². The van der Waals surface area contributed by atoms with Gasteiger partial charge in [-0.25, -0.2) is 0 Å². The van der Waals surface area contributed by atoms with Gasteiger partial charge in [-0.3, -0.25) is 4.79 Å². The Bertz CT molecular complexity index is 812. The van der Waals surface area contributed by atoms with E-state index >= 15 is 0 Å². The number of ether oxygens (including phenoxy) is 3. The fourth-order valence-corrected chi connectivity index (χ4v) is 3.79. The summed E-state index contributed by atoms with van der Waals surface area (Å²) in [4.78, 5) is 15.6. The fourth-order valence-electron chi connectivity index (χ4n) is 3.79. The van der Waals surface area contributed by atoms with E-state index in [9.17, 15) is 4.79 Å². The summed E-state index contributed by atoms with van der Waals surface area (Å²) < 4.78 is 16.4. The van der Waals surface area contributed by atoms with Crippen LogP contribution in [0.4, 0.5) is 0 Å². The maximum absolute atomic E-state index is 13.5. The average molecular weight is 369 g/mol. The smallest absolute Gasteiger partial charge is 0.203 e. The van der Waals surface area contributed by atoms with Gasteiger partial charge in [0, 0.05) is 17.5 Å². The van der Waals surface area contributed by atoms with Crippen LogP contribution in [0, 0.1) is 0 Å². The Morgan fingerprint density at radius 2 is 1.70 bits per heavy atom. The van der Waals surface area contributed by atoms with E-state index < -0.39 is 5.54 Å². The Morgan fingerprint density at radius 1 is 1.04 bits per heavy atom. The quantitative estimate of drug-likeness (QED) is 0.715. The van der Waals surface area contributed by atoms with Crippen LogP contribution in [0.1, 0.15) is 38.7 Å². The zero-order chi connectivity index (χ0) is 19.6. The average Bonchev–Trinajstić information content (AvgIpc) is 2.92. The first-order valence-corrected chi connectivity index (χ1v) is 9.25. The van der Waals surface area contributed by atoms with E-state index in [0.29, 0.717) is 17.2 Å². The highest BCUT2D eigenvalue weighted by molar-refractivity contribution is 6.29. The molecule has 0 saturated carbocycles. The first-order chi connectivity index (χ1) is 13.0. The lowest BCUT2D eigenvalue weighted by Gasteiger charge is -2.34. The SMILES string of the molecule is CCCCC1=C(c2cc(OC)c(OC)c(OC)c2)C(=O)C2(C)C=CC=CN12. The van der Waals surface area contributed by atoms with Crippen molar-refractivity contribution < 1.29 is 19.0 Å². The van der Waals surface area contributed by atoms with Crippen LogP contribution in [0.5, 0.6) is 17.2 Å². The Hall–Kier alpha value is -2.69. The Morgan fingerprint density at radius 3 is 2.26 bits per heavy atom. The zero-order valence-electron chi connectivity index (χ0n) is 16.7. The lowest BCUT2D eigenvalue weighted by Crippen LogP contribution is -2.43. The van der Waals surface area contributed by atoms with Crippen molar-refractivity contribution in [2.45, 2.75) is 38.6 Å². The summed E-state index contributed by atoms with van der Waals surface area (Å²) in [6.45, 7) is 4.12. The van der Waals surface area contributed by atoms with Crippen molar-refractivity contribution in [3.8, 4) is 17.2 Å². The maximum atomic E-state index is 13.5. The van der Waals surface area contributed by atoms with Gasteiger partial charge in [0.05, 0.1) is 21.3 Å². The number of fused-ring (bicyclic) bond motifs is 1. The molecule has 27 heavy (non-hydrogen) atoms. The van der Waals surface area contributed by atoms with Crippen LogP contribution in [-0.4, -0.2) is 37.6 Å². The number of benzene rings is 1. The van der Waals surface area contributed by atoms with Crippen molar-refractivity contribution in [3.63, 3.8) is 0 Å². The highest BCUT2D eigenvalue weighted by Gasteiger charge is 2.47. The maximum Gasteiger partial charge on any atom is 0.203 e. The van der Waals surface area contributed by atoms with E-state index in [0.717, 1.165) is 36.1 Å². The van der Waals surface area contributed by atoms with Crippen LogP contribution in [0.15, 0.2) is 42.3 Å². The summed E-state index contributed by atoms with van der Waals surface area (Å²) in [5.74, 6) is 1.70. The number of carbonyl (C=O) groups is 1. The normalized spacial score (nSPS) is 20.9. The second-order valence-corrected chi connectivity index (χ2v) is 6.89. The van der Waals surface area contributed by atoms with Crippen LogP contribution in [-0.2, 0) is 4.79 Å². The minimum Gasteiger partial charge on any atom is -0.493 e. The first-order valence-electron chi connectivity index (χ1n) is 9.25. The third kappa shape index (κ3) is 3.01. The molecule has 0 N–H and O–H groups in total. The number of ketones is 1. The van der Waals surface area contributed by atoms with Crippen molar-refractivity contribution in [3.05, 3.63) is 47.8 Å². The van der Waals surface area contributed by atoms with Crippen molar-refractivity contribution in [2.75, 3.05) is 21.3 Å². The van der Waals surface area contributed by atoms with Crippen molar-refractivity contribution in [1.29, 1.82) is 0 Å². The molecule has 0 bridgehead atoms. The third-order valence-electron chi connectivity index (χ3n) is 5.25. The van der Waals surface area contributed by atoms with Gasteiger partial charge in [-0.1, -0.05) is 25.5 Å². The summed E-state index contributed by atoms with van der Waals surface area (Å²) >= 11 is 0. The largest absolute Gasteiger partial charge is 0.493 e. The molecule has 0 amide bonds. The van der Waals surface area contributed by atoms with Gasteiger partial charge in [0.2, 0.25) is 5.75 Å². The van der Waals surface area contributed by atoms with Gasteiger partial charge in [0.1, 0.15) is 5.54 Å². The number of rotatable bonds is 7.